The van der Waals surface area contributed by atoms with Gasteiger partial charge in [0, 0.05) is 26.2 Å². The van der Waals surface area contributed by atoms with Crippen LogP contribution in [-0.4, -0.2) is 30.4 Å². The Labute approximate surface area is 111 Å². The summed E-state index contributed by atoms with van der Waals surface area (Å²) in [6.07, 6.45) is 3.81. The predicted octanol–water partition coefficient (Wildman–Crippen LogP) is 2.13. The number of methoxy groups -OCH3 is 1. The number of hydrogen-bond donors (Lipinski definition) is 0. The van der Waals surface area contributed by atoms with Gasteiger partial charge in [0.05, 0.1) is 4.92 Å². The van der Waals surface area contributed by atoms with E-state index >= 15 is 0 Å². The topological polar surface area (TPSA) is 74.5 Å². The lowest BCUT2D eigenvalue weighted by Gasteiger charge is -1.99. The zero-order valence-electron chi connectivity index (χ0n) is 10.8. The standard InChI is InChI=1S/C13H16N2O4/c1-18-11-19-9-5-3-2-4-6-12-7-8-13(10-14-12)15(16)17/h7-8,10H,2-3,5,9,11H2,1H3. The lowest BCUT2D eigenvalue weighted by Crippen LogP contribution is -1.97. The molecule has 6 heteroatoms. The quantitative estimate of drug-likeness (QED) is 0.248. The van der Waals surface area contributed by atoms with Gasteiger partial charge in [0.2, 0.25) is 0 Å². The number of rotatable bonds is 7. The number of nitro groups is 1. The average Bonchev–Trinajstić information content (AvgIpc) is 2.42. The fraction of sp³-hybridized carbons (Fsp3) is 0.462. The first kappa shape index (κ1) is 15.1. The Morgan fingerprint density at radius 3 is 2.89 bits per heavy atom. The second kappa shape index (κ2) is 9.03. The van der Waals surface area contributed by atoms with Crippen LogP contribution in [0.5, 0.6) is 0 Å². The first-order chi connectivity index (χ1) is 9.24. The Morgan fingerprint density at radius 2 is 2.26 bits per heavy atom. The summed E-state index contributed by atoms with van der Waals surface area (Å²) < 4.78 is 9.88. The summed E-state index contributed by atoms with van der Waals surface area (Å²) in [7, 11) is 1.59. The van der Waals surface area contributed by atoms with Crippen LogP contribution in [0.25, 0.3) is 0 Å². The smallest absolute Gasteiger partial charge is 0.287 e. The Balaban J connectivity index is 2.24. The van der Waals surface area contributed by atoms with Crippen molar-refractivity contribution in [2.45, 2.75) is 19.3 Å². The van der Waals surface area contributed by atoms with E-state index in [0.29, 0.717) is 19.1 Å². The van der Waals surface area contributed by atoms with E-state index in [1.54, 1.807) is 13.2 Å². The van der Waals surface area contributed by atoms with Gasteiger partial charge in [0.15, 0.2) is 0 Å². The maximum Gasteiger partial charge on any atom is 0.287 e. The molecule has 0 aliphatic heterocycles. The molecule has 0 bridgehead atoms. The molecule has 1 aromatic heterocycles. The molecule has 102 valence electrons. The monoisotopic (exact) mass is 264 g/mol. The molecule has 1 rings (SSSR count). The molecule has 0 aromatic carbocycles. The molecule has 0 saturated carbocycles. The molecule has 0 radical (unpaired) electrons. The van der Waals surface area contributed by atoms with Crippen LogP contribution in [0.4, 0.5) is 5.69 Å². The van der Waals surface area contributed by atoms with Crippen LogP contribution in [-0.2, 0) is 9.47 Å². The van der Waals surface area contributed by atoms with Crippen LogP contribution in [0, 0.1) is 22.0 Å². The largest absolute Gasteiger partial charge is 0.359 e. The van der Waals surface area contributed by atoms with E-state index in [-0.39, 0.29) is 5.69 Å². The molecule has 6 nitrogen and oxygen atoms in total. The van der Waals surface area contributed by atoms with Crippen molar-refractivity contribution >= 4 is 5.69 Å². The van der Waals surface area contributed by atoms with Crippen LogP contribution in [0.3, 0.4) is 0 Å². The van der Waals surface area contributed by atoms with Crippen molar-refractivity contribution in [1.82, 2.24) is 4.98 Å². The van der Waals surface area contributed by atoms with Gasteiger partial charge < -0.3 is 9.47 Å². The van der Waals surface area contributed by atoms with E-state index in [1.807, 2.05) is 0 Å². The van der Waals surface area contributed by atoms with Crippen molar-refractivity contribution < 1.29 is 14.4 Å². The highest BCUT2D eigenvalue weighted by molar-refractivity contribution is 5.34. The third-order valence-corrected chi connectivity index (χ3v) is 2.22. The molecule has 0 aliphatic carbocycles. The summed E-state index contributed by atoms with van der Waals surface area (Å²) in [5, 5.41) is 10.4. The summed E-state index contributed by atoms with van der Waals surface area (Å²) in [5.41, 5.74) is 0.516. The van der Waals surface area contributed by atoms with Gasteiger partial charge in [0.25, 0.3) is 5.69 Å². The number of nitrogens with zero attached hydrogens (tertiary/aromatic N) is 2. The molecule has 0 saturated heterocycles. The Hall–Kier alpha value is -1.97. The van der Waals surface area contributed by atoms with Gasteiger partial charge in [0.1, 0.15) is 18.7 Å². The van der Waals surface area contributed by atoms with Crippen molar-refractivity contribution in [2.75, 3.05) is 20.5 Å². The maximum atomic E-state index is 10.4. The summed E-state index contributed by atoms with van der Waals surface area (Å²) in [6.45, 7) is 0.976. The van der Waals surface area contributed by atoms with Gasteiger partial charge >= 0.3 is 0 Å². The summed E-state index contributed by atoms with van der Waals surface area (Å²) in [4.78, 5) is 13.8. The fourth-order valence-electron chi connectivity index (χ4n) is 1.28. The van der Waals surface area contributed by atoms with Crippen molar-refractivity contribution in [2.24, 2.45) is 0 Å². The van der Waals surface area contributed by atoms with Crippen LogP contribution < -0.4 is 0 Å². The molecule has 1 aromatic rings. The third-order valence-electron chi connectivity index (χ3n) is 2.22. The van der Waals surface area contributed by atoms with Gasteiger partial charge in [-0.25, -0.2) is 4.98 Å². The predicted molar refractivity (Wildman–Crippen MR) is 69.4 cm³/mol. The van der Waals surface area contributed by atoms with Crippen molar-refractivity contribution in [1.29, 1.82) is 0 Å². The Morgan fingerprint density at radius 1 is 1.42 bits per heavy atom. The second-order valence-electron chi connectivity index (χ2n) is 3.73. The Bertz CT molecular complexity index is 448. The van der Waals surface area contributed by atoms with E-state index in [0.717, 1.165) is 19.3 Å². The lowest BCUT2D eigenvalue weighted by atomic mass is 10.2. The highest BCUT2D eigenvalue weighted by Gasteiger charge is 2.03. The number of ether oxygens (including phenoxy) is 2. The van der Waals surface area contributed by atoms with Crippen molar-refractivity contribution in [3.05, 3.63) is 34.1 Å². The first-order valence-electron chi connectivity index (χ1n) is 5.90. The SMILES string of the molecule is COCOCCCCC#Cc1ccc([N+](=O)[O-])cn1. The summed E-state index contributed by atoms with van der Waals surface area (Å²) in [6, 6.07) is 2.95. The summed E-state index contributed by atoms with van der Waals surface area (Å²) >= 11 is 0. The highest BCUT2D eigenvalue weighted by Crippen LogP contribution is 2.07. The van der Waals surface area contributed by atoms with E-state index in [9.17, 15) is 10.1 Å². The number of unbranched alkanes of at least 4 members (excludes halogenated alkanes) is 2. The minimum absolute atomic E-state index is 0.0270. The third kappa shape index (κ3) is 6.50. The second-order valence-corrected chi connectivity index (χ2v) is 3.73. The van der Waals surface area contributed by atoms with Gasteiger partial charge in [-0.3, -0.25) is 10.1 Å². The van der Waals surface area contributed by atoms with Gasteiger partial charge in [-0.1, -0.05) is 5.92 Å². The Kier molecular flexibility index (Phi) is 7.17. The number of hydrogen-bond acceptors (Lipinski definition) is 5. The first-order valence-corrected chi connectivity index (χ1v) is 5.90. The molecule has 0 N–H and O–H groups in total. The van der Waals surface area contributed by atoms with Gasteiger partial charge in [-0.15, -0.1) is 0 Å². The molecule has 0 fully saturated rings. The molecular formula is C13H16N2O4. The van der Waals surface area contributed by atoms with E-state index in [2.05, 4.69) is 16.8 Å². The van der Waals surface area contributed by atoms with E-state index < -0.39 is 4.92 Å². The minimum Gasteiger partial charge on any atom is -0.359 e. The maximum absolute atomic E-state index is 10.4. The number of pyridine rings is 1. The molecule has 0 spiro atoms. The number of aromatic nitrogens is 1. The normalized spacial score (nSPS) is 9.74. The van der Waals surface area contributed by atoms with Gasteiger partial charge in [-0.2, -0.15) is 0 Å². The van der Waals surface area contributed by atoms with E-state index in [4.69, 9.17) is 9.47 Å². The zero-order valence-corrected chi connectivity index (χ0v) is 10.8. The molecule has 0 amide bonds. The summed E-state index contributed by atoms with van der Waals surface area (Å²) in [5.74, 6) is 5.84. The van der Waals surface area contributed by atoms with Crippen LogP contribution in [0.15, 0.2) is 18.3 Å². The highest BCUT2D eigenvalue weighted by atomic mass is 16.7. The van der Waals surface area contributed by atoms with Crippen molar-refractivity contribution in [3.8, 4) is 11.8 Å². The van der Waals surface area contributed by atoms with Crippen LogP contribution >= 0.6 is 0 Å². The minimum atomic E-state index is -0.482. The lowest BCUT2D eigenvalue weighted by molar-refractivity contribution is -0.385. The van der Waals surface area contributed by atoms with Crippen LogP contribution in [0.1, 0.15) is 25.0 Å². The molecule has 0 unspecified atom stereocenters. The van der Waals surface area contributed by atoms with Gasteiger partial charge in [-0.05, 0) is 24.8 Å². The zero-order chi connectivity index (χ0) is 13.9. The van der Waals surface area contributed by atoms with E-state index in [1.165, 1.54) is 12.3 Å². The van der Waals surface area contributed by atoms with Crippen molar-refractivity contribution in [3.63, 3.8) is 0 Å². The molecule has 19 heavy (non-hydrogen) atoms. The average molecular weight is 264 g/mol. The fourth-order valence-corrected chi connectivity index (χ4v) is 1.28. The molecule has 0 atom stereocenters. The molecular weight excluding hydrogens is 248 g/mol. The molecule has 0 aliphatic rings. The van der Waals surface area contributed by atoms with Crippen LogP contribution in [0.2, 0.25) is 0 Å². The molecule has 1 heterocycles.